The van der Waals surface area contributed by atoms with Gasteiger partial charge >= 0.3 is 7.12 Å². The van der Waals surface area contributed by atoms with Crippen LogP contribution in [0.5, 0.6) is 5.75 Å². The van der Waals surface area contributed by atoms with E-state index in [1.54, 1.807) is 19.2 Å². The maximum Gasteiger partial charge on any atom is 0.488 e. The molecule has 116 valence electrons. The van der Waals surface area contributed by atoms with E-state index in [0.29, 0.717) is 11.5 Å². The van der Waals surface area contributed by atoms with Gasteiger partial charge in [0.2, 0.25) is 0 Å². The van der Waals surface area contributed by atoms with Gasteiger partial charge in [-0.15, -0.1) is 0 Å². The molecule has 0 amide bonds. The summed E-state index contributed by atoms with van der Waals surface area (Å²) in [6, 6.07) is 5.89. The van der Waals surface area contributed by atoms with E-state index < -0.39 is 7.12 Å². The van der Waals surface area contributed by atoms with Gasteiger partial charge in [0.1, 0.15) is 5.75 Å². The highest BCUT2D eigenvalue weighted by Crippen LogP contribution is 2.21. The molecule has 0 aliphatic carbocycles. The minimum Gasteiger partial charge on any atom is -0.496 e. The van der Waals surface area contributed by atoms with E-state index in [1.807, 2.05) is 6.07 Å². The number of methoxy groups -OCH3 is 1. The maximum absolute atomic E-state index is 9.33. The van der Waals surface area contributed by atoms with Crippen LogP contribution in [0.25, 0.3) is 0 Å². The second-order valence-electron chi connectivity index (χ2n) is 5.72. The zero-order valence-electron chi connectivity index (χ0n) is 13.1. The molecule has 2 N–H and O–H groups in total. The van der Waals surface area contributed by atoms with Gasteiger partial charge in [-0.25, -0.2) is 0 Å². The van der Waals surface area contributed by atoms with E-state index in [2.05, 4.69) is 23.8 Å². The summed E-state index contributed by atoms with van der Waals surface area (Å²) >= 11 is 0. The summed E-state index contributed by atoms with van der Waals surface area (Å²) in [7, 11) is 2.38. The molecule has 1 aromatic carbocycles. The normalized spacial score (nSPS) is 20.5. The van der Waals surface area contributed by atoms with Crippen LogP contribution in [0.15, 0.2) is 18.2 Å². The van der Waals surface area contributed by atoms with Crippen molar-refractivity contribution in [2.24, 2.45) is 0 Å². The minimum absolute atomic E-state index is 0.506. The van der Waals surface area contributed by atoms with E-state index in [1.165, 1.54) is 0 Å². The zero-order valence-corrected chi connectivity index (χ0v) is 13.1. The van der Waals surface area contributed by atoms with Crippen molar-refractivity contribution in [3.8, 4) is 5.75 Å². The van der Waals surface area contributed by atoms with Gasteiger partial charge in [0.25, 0.3) is 0 Å². The lowest BCUT2D eigenvalue weighted by Crippen LogP contribution is -2.50. The minimum atomic E-state index is -1.44. The second kappa shape index (κ2) is 7.27. The first-order chi connectivity index (χ1) is 10.0. The van der Waals surface area contributed by atoms with E-state index in [9.17, 15) is 10.0 Å². The molecule has 0 bridgehead atoms. The molecule has 1 heterocycles. The highest BCUT2D eigenvalue weighted by molar-refractivity contribution is 6.58. The standard InChI is InChI=1S/C15H25BN2O3/c1-4-14-11-18(8-7-17(14)2)10-12-9-13(16(19)20)5-6-15(12)21-3/h5-6,9,14,19-20H,4,7-8,10-11H2,1-3H3. The lowest BCUT2D eigenvalue weighted by molar-refractivity contribution is 0.0878. The Kier molecular flexibility index (Phi) is 5.64. The highest BCUT2D eigenvalue weighted by atomic mass is 16.5. The van der Waals surface area contributed by atoms with Gasteiger partial charge in [-0.05, 0) is 25.0 Å². The van der Waals surface area contributed by atoms with Gasteiger partial charge in [-0.1, -0.05) is 19.1 Å². The Bertz CT molecular complexity index is 470. The predicted octanol–water partition coefficient (Wildman–Crippen LogP) is -0.0990. The molecule has 2 rings (SSSR count). The Morgan fingerprint density at radius 1 is 1.33 bits per heavy atom. The van der Waals surface area contributed by atoms with Crippen LogP contribution < -0.4 is 10.2 Å². The lowest BCUT2D eigenvalue weighted by atomic mass is 9.79. The van der Waals surface area contributed by atoms with Gasteiger partial charge in [0, 0.05) is 37.8 Å². The molecule has 1 unspecified atom stereocenters. The van der Waals surface area contributed by atoms with Crippen LogP contribution in [0, 0.1) is 0 Å². The molecule has 1 aromatic rings. The molecule has 1 aliphatic rings. The Morgan fingerprint density at radius 3 is 2.71 bits per heavy atom. The molecule has 1 saturated heterocycles. The number of piperazine rings is 1. The number of rotatable bonds is 5. The largest absolute Gasteiger partial charge is 0.496 e. The van der Waals surface area contributed by atoms with Crippen LogP contribution in [0.3, 0.4) is 0 Å². The number of benzene rings is 1. The number of nitrogens with zero attached hydrogens (tertiary/aromatic N) is 2. The molecule has 0 spiro atoms. The Balaban J connectivity index is 2.12. The first kappa shape index (κ1) is 16.3. The number of likely N-dealkylation sites (N-methyl/N-ethyl adjacent to an activating group) is 1. The van der Waals surface area contributed by atoms with E-state index in [0.717, 1.165) is 43.9 Å². The maximum atomic E-state index is 9.33. The van der Waals surface area contributed by atoms with Gasteiger partial charge in [-0.2, -0.15) is 0 Å². The SMILES string of the molecule is CCC1CN(Cc2cc(B(O)O)ccc2OC)CCN1C. The zero-order chi connectivity index (χ0) is 15.4. The van der Waals surface area contributed by atoms with Gasteiger partial charge in [0.15, 0.2) is 0 Å². The van der Waals surface area contributed by atoms with Crippen LogP contribution in [-0.2, 0) is 6.54 Å². The number of hydrogen-bond donors (Lipinski definition) is 2. The van der Waals surface area contributed by atoms with Gasteiger partial charge in [0.05, 0.1) is 7.11 Å². The van der Waals surface area contributed by atoms with Crippen LogP contribution in [-0.4, -0.2) is 66.8 Å². The molecule has 21 heavy (non-hydrogen) atoms. The van der Waals surface area contributed by atoms with Crippen molar-refractivity contribution in [3.63, 3.8) is 0 Å². The molecular weight excluding hydrogens is 267 g/mol. The Labute approximate surface area is 127 Å². The summed E-state index contributed by atoms with van der Waals surface area (Å²) in [5.74, 6) is 0.798. The molecule has 1 aliphatic heterocycles. The Morgan fingerprint density at radius 2 is 2.10 bits per heavy atom. The van der Waals surface area contributed by atoms with Crippen LogP contribution in [0.2, 0.25) is 0 Å². The average Bonchev–Trinajstić information content (AvgIpc) is 2.49. The van der Waals surface area contributed by atoms with Crippen molar-refractivity contribution < 1.29 is 14.8 Å². The fraction of sp³-hybridized carbons (Fsp3) is 0.600. The first-order valence-corrected chi connectivity index (χ1v) is 7.50. The molecule has 0 aromatic heterocycles. The quantitative estimate of drug-likeness (QED) is 0.742. The molecule has 0 radical (unpaired) electrons. The average molecular weight is 292 g/mol. The second-order valence-corrected chi connectivity index (χ2v) is 5.72. The third-order valence-electron chi connectivity index (χ3n) is 4.33. The lowest BCUT2D eigenvalue weighted by Gasteiger charge is -2.39. The van der Waals surface area contributed by atoms with Crippen molar-refractivity contribution in [1.82, 2.24) is 9.80 Å². The third kappa shape index (κ3) is 3.98. The van der Waals surface area contributed by atoms with Crippen molar-refractivity contribution in [3.05, 3.63) is 23.8 Å². The summed E-state index contributed by atoms with van der Waals surface area (Å²) < 4.78 is 5.40. The van der Waals surface area contributed by atoms with Crippen LogP contribution >= 0.6 is 0 Å². The van der Waals surface area contributed by atoms with Crippen LogP contribution in [0.1, 0.15) is 18.9 Å². The highest BCUT2D eigenvalue weighted by Gasteiger charge is 2.24. The first-order valence-electron chi connectivity index (χ1n) is 7.50. The summed E-state index contributed by atoms with van der Waals surface area (Å²) in [4.78, 5) is 4.81. The summed E-state index contributed by atoms with van der Waals surface area (Å²) in [5.41, 5.74) is 1.51. The van der Waals surface area contributed by atoms with Crippen molar-refractivity contribution in [2.75, 3.05) is 33.8 Å². The van der Waals surface area contributed by atoms with Gasteiger partial charge in [-0.3, -0.25) is 4.90 Å². The summed E-state index contributed by atoms with van der Waals surface area (Å²) in [6.07, 6.45) is 1.14. The third-order valence-corrected chi connectivity index (χ3v) is 4.33. The van der Waals surface area contributed by atoms with Crippen LogP contribution in [0.4, 0.5) is 0 Å². The van der Waals surface area contributed by atoms with Crippen molar-refractivity contribution in [1.29, 1.82) is 0 Å². The fourth-order valence-electron chi connectivity index (χ4n) is 2.92. The van der Waals surface area contributed by atoms with Gasteiger partial charge < -0.3 is 19.7 Å². The predicted molar refractivity (Wildman–Crippen MR) is 84.8 cm³/mol. The van der Waals surface area contributed by atoms with E-state index in [4.69, 9.17) is 4.74 Å². The molecule has 0 saturated carbocycles. The van der Waals surface area contributed by atoms with E-state index >= 15 is 0 Å². The monoisotopic (exact) mass is 292 g/mol. The molecule has 6 heteroatoms. The summed E-state index contributed by atoms with van der Waals surface area (Å²) in [5, 5.41) is 18.7. The Hall–Kier alpha value is -1.08. The fourth-order valence-corrected chi connectivity index (χ4v) is 2.92. The topological polar surface area (TPSA) is 56.2 Å². The number of hydrogen-bond acceptors (Lipinski definition) is 5. The molecule has 5 nitrogen and oxygen atoms in total. The van der Waals surface area contributed by atoms with Crippen molar-refractivity contribution >= 4 is 12.6 Å². The van der Waals surface area contributed by atoms with E-state index in [-0.39, 0.29) is 0 Å². The summed E-state index contributed by atoms with van der Waals surface area (Å²) in [6.45, 7) is 6.09. The smallest absolute Gasteiger partial charge is 0.488 e. The molecule has 1 atom stereocenters. The molecule has 1 fully saturated rings. The number of ether oxygens (including phenoxy) is 1. The molecular formula is C15H25BN2O3. The van der Waals surface area contributed by atoms with Crippen molar-refractivity contribution in [2.45, 2.75) is 25.9 Å².